The lowest BCUT2D eigenvalue weighted by Gasteiger charge is -2.70. The zero-order valence-corrected chi connectivity index (χ0v) is 19.7. The van der Waals surface area contributed by atoms with Crippen LogP contribution in [0.1, 0.15) is 48.0 Å². The molecule has 1 aliphatic heterocycles. The lowest BCUT2D eigenvalue weighted by molar-refractivity contribution is -0.337. The second-order valence-corrected chi connectivity index (χ2v) is 9.96. The number of hydrogen-bond acceptors (Lipinski definition) is 8. The Kier molecular flexibility index (Phi) is 4.77. The molecule has 184 valence electrons. The molecule has 3 aliphatic carbocycles. The molecule has 0 N–H and O–H groups in total. The van der Waals surface area contributed by atoms with Gasteiger partial charge in [-0.1, -0.05) is 0 Å². The number of aromatic nitrogens is 5. The maximum absolute atomic E-state index is 13.6. The number of methoxy groups -OCH3 is 1. The van der Waals surface area contributed by atoms with Crippen molar-refractivity contribution in [1.29, 1.82) is 0 Å². The summed E-state index contributed by atoms with van der Waals surface area (Å²) in [5.41, 5.74) is 1.71. The Labute approximate surface area is 199 Å². The van der Waals surface area contributed by atoms with E-state index >= 15 is 0 Å². The Bertz CT molecular complexity index is 1310. The zero-order valence-electron chi connectivity index (χ0n) is 19.7. The second-order valence-electron chi connectivity index (χ2n) is 9.96. The number of anilines is 1. The van der Waals surface area contributed by atoms with Crippen LogP contribution in [0.15, 0.2) is 18.3 Å². The van der Waals surface area contributed by atoms with Crippen LogP contribution < -0.4 is 9.64 Å². The van der Waals surface area contributed by atoms with Crippen molar-refractivity contribution in [1.82, 2.24) is 24.9 Å². The van der Waals surface area contributed by atoms with Crippen molar-refractivity contribution in [2.45, 2.75) is 50.8 Å². The number of rotatable bonds is 4. The first-order valence-corrected chi connectivity index (χ1v) is 11.6. The number of ether oxygens (including phenoxy) is 2. The predicted molar refractivity (Wildman–Crippen MR) is 120 cm³/mol. The van der Waals surface area contributed by atoms with E-state index < -0.39 is 17.0 Å². The maximum Gasteiger partial charge on any atom is 0.394 e. The third kappa shape index (κ3) is 3.35. The molecule has 8 nitrogen and oxygen atoms in total. The molecule has 4 heterocycles. The number of pyridine rings is 1. The summed E-state index contributed by atoms with van der Waals surface area (Å²) in [6.45, 7) is 5.18. The van der Waals surface area contributed by atoms with Gasteiger partial charge in [-0.25, -0.2) is 19.9 Å². The van der Waals surface area contributed by atoms with Gasteiger partial charge in [-0.2, -0.15) is 18.2 Å². The van der Waals surface area contributed by atoms with Crippen LogP contribution in [0, 0.1) is 19.3 Å². The van der Waals surface area contributed by atoms with Crippen molar-refractivity contribution < 1.29 is 22.6 Å². The van der Waals surface area contributed by atoms with Gasteiger partial charge < -0.3 is 14.4 Å². The van der Waals surface area contributed by atoms with E-state index in [1.54, 1.807) is 13.3 Å². The van der Waals surface area contributed by atoms with Gasteiger partial charge in [-0.3, -0.25) is 0 Å². The van der Waals surface area contributed by atoms with Crippen molar-refractivity contribution in [3.63, 3.8) is 0 Å². The van der Waals surface area contributed by atoms with Crippen LogP contribution >= 0.6 is 0 Å². The summed E-state index contributed by atoms with van der Waals surface area (Å²) < 4.78 is 51.9. The third-order valence-corrected chi connectivity index (χ3v) is 7.75. The van der Waals surface area contributed by atoms with Gasteiger partial charge in [0.25, 0.3) is 0 Å². The molecule has 4 fully saturated rings. The molecule has 3 saturated carbocycles. The first-order chi connectivity index (χ1) is 16.6. The number of hydrogen-bond donors (Lipinski definition) is 0. The smallest absolute Gasteiger partial charge is 0.394 e. The average molecular weight is 486 g/mol. The van der Waals surface area contributed by atoms with Gasteiger partial charge in [0.15, 0.2) is 5.65 Å². The van der Waals surface area contributed by atoms with Crippen LogP contribution in [0.5, 0.6) is 5.88 Å². The Morgan fingerprint density at radius 1 is 1.09 bits per heavy atom. The van der Waals surface area contributed by atoms with Crippen LogP contribution in [-0.2, 0) is 10.2 Å². The highest BCUT2D eigenvalue weighted by Gasteiger charge is 2.79. The molecule has 1 saturated heterocycles. The minimum Gasteiger partial charge on any atom is -0.481 e. The van der Waals surface area contributed by atoms with Crippen LogP contribution in [-0.4, -0.2) is 57.9 Å². The number of halogens is 3. The van der Waals surface area contributed by atoms with Crippen molar-refractivity contribution in [2.75, 3.05) is 31.7 Å². The number of nitrogens with zero attached hydrogens (tertiary/aromatic N) is 6. The summed E-state index contributed by atoms with van der Waals surface area (Å²) in [5, 5.41) is 0. The first kappa shape index (κ1) is 22.4. The first-order valence-electron chi connectivity index (χ1n) is 11.6. The van der Waals surface area contributed by atoms with Gasteiger partial charge in [0, 0.05) is 24.2 Å². The summed E-state index contributed by atoms with van der Waals surface area (Å²) in [6, 6.07) is 3.70. The highest BCUT2D eigenvalue weighted by molar-refractivity contribution is 5.77. The quantitative estimate of drug-likeness (QED) is 0.547. The highest BCUT2D eigenvalue weighted by atomic mass is 19.4. The van der Waals surface area contributed by atoms with E-state index in [9.17, 15) is 13.2 Å². The maximum atomic E-state index is 13.6. The van der Waals surface area contributed by atoms with E-state index in [-0.39, 0.29) is 25.4 Å². The van der Waals surface area contributed by atoms with Crippen molar-refractivity contribution in [3.8, 4) is 5.88 Å². The van der Waals surface area contributed by atoms with Gasteiger partial charge >= 0.3 is 6.18 Å². The minimum absolute atomic E-state index is 0.0478. The molecule has 35 heavy (non-hydrogen) atoms. The lowest BCUT2D eigenvalue weighted by atomic mass is 9.34. The average Bonchev–Trinajstić information content (AvgIpc) is 2.77. The molecule has 3 aromatic heterocycles. The molecular formula is C24H25F3N6O2. The number of morpholine rings is 1. The largest absolute Gasteiger partial charge is 0.481 e. The van der Waals surface area contributed by atoms with Crippen molar-refractivity contribution in [2.24, 2.45) is 5.41 Å². The van der Waals surface area contributed by atoms with Crippen LogP contribution in [0.25, 0.3) is 11.2 Å². The third-order valence-electron chi connectivity index (χ3n) is 7.75. The zero-order chi connectivity index (χ0) is 24.6. The molecular weight excluding hydrogens is 461 g/mol. The molecule has 0 unspecified atom stereocenters. The number of aryl methyl sites for hydroxylation is 2. The molecule has 0 amide bonds. The number of fused-ring (bicyclic) bond motifs is 1. The van der Waals surface area contributed by atoms with E-state index in [0.717, 1.165) is 17.0 Å². The highest BCUT2D eigenvalue weighted by Crippen LogP contribution is 2.78. The summed E-state index contributed by atoms with van der Waals surface area (Å²) in [6.07, 6.45) is -2.63. The Balaban J connectivity index is 1.37. The van der Waals surface area contributed by atoms with Crippen LogP contribution in [0.3, 0.4) is 0 Å². The monoisotopic (exact) mass is 486 g/mol. The lowest BCUT2D eigenvalue weighted by Crippen LogP contribution is -2.70. The van der Waals surface area contributed by atoms with Gasteiger partial charge in [0.2, 0.25) is 11.8 Å². The molecule has 4 aliphatic rings. The van der Waals surface area contributed by atoms with Gasteiger partial charge in [0.1, 0.15) is 11.6 Å². The fourth-order valence-corrected chi connectivity index (χ4v) is 5.72. The summed E-state index contributed by atoms with van der Waals surface area (Å²) in [7, 11) is 1.56. The van der Waals surface area contributed by atoms with Gasteiger partial charge in [0.05, 0.1) is 42.8 Å². The second kappa shape index (κ2) is 7.46. The van der Waals surface area contributed by atoms with E-state index in [0.29, 0.717) is 48.4 Å². The van der Waals surface area contributed by atoms with E-state index in [1.165, 1.54) is 0 Å². The van der Waals surface area contributed by atoms with Crippen LogP contribution in [0.4, 0.5) is 19.1 Å². The SMILES string of the molecule is COc1cc([C@H]2CN(c3nc(C45CC(C(F)(F)F)(C4)C5)c4nc(C)c(C)nc4n3)CCO2)ccn1. The molecule has 7 rings (SSSR count). The molecule has 0 radical (unpaired) electrons. The summed E-state index contributed by atoms with van der Waals surface area (Å²) in [4.78, 5) is 25.0. The molecule has 0 spiro atoms. The van der Waals surface area contributed by atoms with Crippen LogP contribution in [0.2, 0.25) is 0 Å². The topological polar surface area (TPSA) is 86.2 Å². The minimum atomic E-state index is -4.19. The van der Waals surface area contributed by atoms with Gasteiger partial charge in [-0.15, -0.1) is 0 Å². The molecule has 3 aromatic rings. The fraction of sp³-hybridized carbons (Fsp3) is 0.542. The molecule has 0 aromatic carbocycles. The standard InChI is InChI=1S/C24H25F3N6O2/c1-13-14(2)30-20-18(29-13)19(22-10-23(11-22,12-22)24(25,26)27)31-21(32-20)33-6-7-35-16(9-33)15-4-5-28-17(8-15)34-3/h4-5,8,16H,6-7,9-12H2,1-3H3/t16-,22?,23?/m1/s1. The van der Waals surface area contributed by atoms with Gasteiger partial charge in [-0.05, 0) is 44.7 Å². The number of alkyl halides is 3. The summed E-state index contributed by atoms with van der Waals surface area (Å²) in [5.74, 6) is 0.945. The molecule has 2 bridgehead atoms. The van der Waals surface area contributed by atoms with Crippen molar-refractivity contribution in [3.05, 3.63) is 41.0 Å². The predicted octanol–water partition coefficient (Wildman–Crippen LogP) is 4.00. The summed E-state index contributed by atoms with van der Waals surface area (Å²) >= 11 is 0. The normalized spacial score (nSPS) is 27.9. The Morgan fingerprint density at radius 3 is 2.54 bits per heavy atom. The Morgan fingerprint density at radius 2 is 1.83 bits per heavy atom. The van der Waals surface area contributed by atoms with E-state index in [2.05, 4.69) is 15.0 Å². The van der Waals surface area contributed by atoms with E-state index in [4.69, 9.17) is 19.4 Å². The molecule has 1 atom stereocenters. The fourth-order valence-electron chi connectivity index (χ4n) is 5.72. The molecule has 11 heteroatoms. The van der Waals surface area contributed by atoms with Crippen molar-refractivity contribution >= 4 is 17.1 Å². The van der Waals surface area contributed by atoms with E-state index in [1.807, 2.05) is 30.9 Å². The Hall–Kier alpha value is -3.08.